The lowest BCUT2D eigenvalue weighted by Gasteiger charge is -2.10. The van der Waals surface area contributed by atoms with Crippen LogP contribution >= 0.6 is 0 Å². The van der Waals surface area contributed by atoms with Gasteiger partial charge in [0.2, 0.25) is 0 Å². The molecule has 1 atom stereocenters. The first-order valence-corrected chi connectivity index (χ1v) is 7.08. The Balaban J connectivity index is 1.81. The molecule has 0 spiro atoms. The standard InChI is InChI=1S/C16H17NO4/c1-10-4-5-11-8-14(21-16(19)13(11)7-10)15(18)17-9-12-3-2-6-20-12/h4-5,7-8,12H,2-3,6,9H2,1H3,(H,17,18). The molecule has 110 valence electrons. The number of carbonyl (C=O) groups is 1. The molecular weight excluding hydrogens is 270 g/mol. The molecule has 1 saturated heterocycles. The van der Waals surface area contributed by atoms with E-state index < -0.39 is 5.63 Å². The van der Waals surface area contributed by atoms with Crippen molar-refractivity contribution in [3.8, 4) is 0 Å². The van der Waals surface area contributed by atoms with Gasteiger partial charge in [-0.05, 0) is 37.3 Å². The van der Waals surface area contributed by atoms with Crippen LogP contribution in [0.4, 0.5) is 0 Å². The summed E-state index contributed by atoms with van der Waals surface area (Å²) in [5.41, 5.74) is 0.490. The summed E-state index contributed by atoms with van der Waals surface area (Å²) in [6.07, 6.45) is 2.02. The van der Waals surface area contributed by atoms with E-state index >= 15 is 0 Å². The second-order valence-corrected chi connectivity index (χ2v) is 5.33. The molecular formula is C16H17NO4. The van der Waals surface area contributed by atoms with E-state index in [1.807, 2.05) is 19.1 Å². The van der Waals surface area contributed by atoms with Gasteiger partial charge in [0.25, 0.3) is 5.91 Å². The van der Waals surface area contributed by atoms with E-state index in [-0.39, 0.29) is 17.8 Å². The molecule has 2 heterocycles. The minimum Gasteiger partial charge on any atom is -0.417 e. The number of carbonyl (C=O) groups excluding carboxylic acids is 1. The summed E-state index contributed by atoms with van der Waals surface area (Å²) in [4.78, 5) is 24.0. The zero-order valence-corrected chi connectivity index (χ0v) is 11.8. The highest BCUT2D eigenvalue weighted by Crippen LogP contribution is 2.15. The molecule has 1 aromatic heterocycles. The molecule has 1 aromatic carbocycles. The van der Waals surface area contributed by atoms with Gasteiger partial charge in [-0.1, -0.05) is 17.7 Å². The van der Waals surface area contributed by atoms with Crippen LogP contribution in [0.25, 0.3) is 10.8 Å². The number of ether oxygens (including phenoxy) is 1. The van der Waals surface area contributed by atoms with Crippen molar-refractivity contribution in [2.75, 3.05) is 13.2 Å². The molecule has 5 heteroatoms. The summed E-state index contributed by atoms with van der Waals surface area (Å²) in [7, 11) is 0. The fraction of sp³-hybridized carbons (Fsp3) is 0.375. The Bertz CT molecular complexity index is 729. The zero-order chi connectivity index (χ0) is 14.8. The number of aryl methyl sites for hydroxylation is 1. The molecule has 5 nitrogen and oxygen atoms in total. The van der Waals surface area contributed by atoms with Gasteiger partial charge in [-0.3, -0.25) is 4.79 Å². The predicted molar refractivity (Wildman–Crippen MR) is 78.5 cm³/mol. The highest BCUT2D eigenvalue weighted by atomic mass is 16.5. The highest BCUT2D eigenvalue weighted by Gasteiger charge is 2.18. The van der Waals surface area contributed by atoms with Crippen molar-refractivity contribution in [2.45, 2.75) is 25.9 Å². The fourth-order valence-corrected chi connectivity index (χ4v) is 2.51. The lowest BCUT2D eigenvalue weighted by molar-refractivity contribution is 0.0832. The van der Waals surface area contributed by atoms with Crippen LogP contribution in [-0.2, 0) is 4.74 Å². The second kappa shape index (κ2) is 5.69. The van der Waals surface area contributed by atoms with E-state index in [0.29, 0.717) is 17.3 Å². The number of hydrogen-bond acceptors (Lipinski definition) is 4. The maximum atomic E-state index is 12.1. The van der Waals surface area contributed by atoms with Gasteiger partial charge < -0.3 is 14.5 Å². The Hall–Kier alpha value is -2.14. The zero-order valence-electron chi connectivity index (χ0n) is 11.8. The molecule has 2 aromatic rings. The van der Waals surface area contributed by atoms with Gasteiger partial charge in [-0.2, -0.15) is 0 Å². The largest absolute Gasteiger partial charge is 0.417 e. The van der Waals surface area contributed by atoms with Crippen LogP contribution in [0.15, 0.2) is 33.5 Å². The lowest BCUT2D eigenvalue weighted by atomic mass is 10.1. The molecule has 3 rings (SSSR count). The van der Waals surface area contributed by atoms with Crippen molar-refractivity contribution in [2.24, 2.45) is 0 Å². The van der Waals surface area contributed by atoms with Crippen LogP contribution in [-0.4, -0.2) is 25.2 Å². The molecule has 1 N–H and O–H groups in total. The van der Waals surface area contributed by atoms with E-state index in [1.54, 1.807) is 12.1 Å². The van der Waals surface area contributed by atoms with Crippen LogP contribution in [0.3, 0.4) is 0 Å². The Morgan fingerprint density at radius 1 is 1.38 bits per heavy atom. The number of rotatable bonds is 3. The maximum Gasteiger partial charge on any atom is 0.344 e. The number of amides is 1. The molecule has 0 saturated carbocycles. The number of benzene rings is 1. The Labute approximate surface area is 121 Å². The second-order valence-electron chi connectivity index (χ2n) is 5.33. The Morgan fingerprint density at radius 3 is 3.00 bits per heavy atom. The van der Waals surface area contributed by atoms with E-state index in [0.717, 1.165) is 25.0 Å². The summed E-state index contributed by atoms with van der Waals surface area (Å²) < 4.78 is 10.6. The quantitative estimate of drug-likeness (QED) is 0.937. The minimum atomic E-state index is -0.488. The molecule has 0 aliphatic carbocycles. The lowest BCUT2D eigenvalue weighted by Crippen LogP contribution is -2.32. The molecule has 0 bridgehead atoms. The summed E-state index contributed by atoms with van der Waals surface area (Å²) >= 11 is 0. The van der Waals surface area contributed by atoms with Crippen LogP contribution in [0.5, 0.6) is 0 Å². The molecule has 21 heavy (non-hydrogen) atoms. The van der Waals surface area contributed by atoms with Crippen LogP contribution in [0.1, 0.15) is 29.0 Å². The SMILES string of the molecule is Cc1ccc2cc(C(=O)NCC3CCCO3)oc(=O)c2c1. The molecule has 0 radical (unpaired) electrons. The van der Waals surface area contributed by atoms with Crippen LogP contribution < -0.4 is 10.9 Å². The van der Waals surface area contributed by atoms with Crippen LogP contribution in [0.2, 0.25) is 0 Å². The Kier molecular flexibility index (Phi) is 3.75. The van der Waals surface area contributed by atoms with E-state index in [2.05, 4.69) is 5.32 Å². The van der Waals surface area contributed by atoms with Crippen molar-refractivity contribution >= 4 is 16.7 Å². The van der Waals surface area contributed by atoms with Gasteiger partial charge in [0.15, 0.2) is 5.76 Å². The summed E-state index contributed by atoms with van der Waals surface area (Å²) in [6, 6.07) is 7.07. The monoisotopic (exact) mass is 287 g/mol. The average Bonchev–Trinajstić information content (AvgIpc) is 2.98. The smallest absolute Gasteiger partial charge is 0.344 e. The van der Waals surface area contributed by atoms with Gasteiger partial charge in [0.05, 0.1) is 11.5 Å². The molecule has 1 aliphatic rings. The van der Waals surface area contributed by atoms with E-state index in [4.69, 9.17) is 9.15 Å². The minimum absolute atomic E-state index is 0.0364. The van der Waals surface area contributed by atoms with Gasteiger partial charge in [0.1, 0.15) is 0 Å². The average molecular weight is 287 g/mol. The summed E-state index contributed by atoms with van der Waals surface area (Å²) in [6.45, 7) is 3.08. The number of nitrogens with one attached hydrogen (secondary N) is 1. The first kappa shape index (κ1) is 13.8. The maximum absolute atomic E-state index is 12.1. The third-order valence-corrected chi connectivity index (χ3v) is 3.66. The normalized spacial score (nSPS) is 18.0. The van der Waals surface area contributed by atoms with Crippen molar-refractivity contribution in [1.29, 1.82) is 0 Å². The third kappa shape index (κ3) is 2.97. The molecule has 1 aliphatic heterocycles. The number of fused-ring (bicyclic) bond motifs is 1. The van der Waals surface area contributed by atoms with Gasteiger partial charge >= 0.3 is 5.63 Å². The predicted octanol–water partition coefficient (Wildman–Crippen LogP) is 2.01. The first-order valence-electron chi connectivity index (χ1n) is 7.08. The first-order chi connectivity index (χ1) is 10.1. The van der Waals surface area contributed by atoms with Crippen molar-refractivity contribution in [1.82, 2.24) is 5.32 Å². The topological polar surface area (TPSA) is 68.5 Å². The van der Waals surface area contributed by atoms with E-state index in [1.165, 1.54) is 0 Å². The van der Waals surface area contributed by atoms with Crippen LogP contribution in [0, 0.1) is 6.92 Å². The number of hydrogen-bond donors (Lipinski definition) is 1. The summed E-state index contributed by atoms with van der Waals surface area (Å²) in [5.74, 6) is -0.348. The van der Waals surface area contributed by atoms with Gasteiger partial charge in [0, 0.05) is 13.2 Å². The molecule has 1 unspecified atom stereocenters. The van der Waals surface area contributed by atoms with Gasteiger partial charge in [-0.25, -0.2) is 4.79 Å². The molecule has 1 fully saturated rings. The van der Waals surface area contributed by atoms with Crippen molar-refractivity contribution in [3.63, 3.8) is 0 Å². The summed E-state index contributed by atoms with van der Waals surface area (Å²) in [5, 5.41) is 3.95. The van der Waals surface area contributed by atoms with Crippen molar-refractivity contribution in [3.05, 3.63) is 46.0 Å². The fourth-order valence-electron chi connectivity index (χ4n) is 2.51. The van der Waals surface area contributed by atoms with Gasteiger partial charge in [-0.15, -0.1) is 0 Å². The third-order valence-electron chi connectivity index (χ3n) is 3.66. The van der Waals surface area contributed by atoms with E-state index in [9.17, 15) is 9.59 Å². The van der Waals surface area contributed by atoms with Crippen molar-refractivity contribution < 1.29 is 13.9 Å². The highest BCUT2D eigenvalue weighted by molar-refractivity contribution is 5.95. The Morgan fingerprint density at radius 2 is 2.24 bits per heavy atom. The molecule has 1 amide bonds.